The van der Waals surface area contributed by atoms with Gasteiger partial charge in [0, 0.05) is 38.6 Å². The summed E-state index contributed by atoms with van der Waals surface area (Å²) in [5.41, 5.74) is 2.03. The molecule has 0 saturated carbocycles. The quantitative estimate of drug-likeness (QED) is 0.386. The van der Waals surface area contributed by atoms with Crippen LogP contribution in [0.15, 0.2) is 48.5 Å². The number of carbonyl (C=O) groups excluding carboxylic acids is 1. The third-order valence-corrected chi connectivity index (χ3v) is 7.31. The van der Waals surface area contributed by atoms with Gasteiger partial charge in [0.15, 0.2) is 6.29 Å². The second kappa shape index (κ2) is 14.6. The van der Waals surface area contributed by atoms with Crippen LogP contribution >= 0.6 is 0 Å². The van der Waals surface area contributed by atoms with Crippen molar-refractivity contribution in [2.45, 2.75) is 64.7 Å². The van der Waals surface area contributed by atoms with Gasteiger partial charge in [-0.15, -0.1) is 0 Å². The molecule has 2 aromatic rings. The minimum atomic E-state index is -0.237. The van der Waals surface area contributed by atoms with Crippen LogP contribution in [0.3, 0.4) is 0 Å². The van der Waals surface area contributed by atoms with Crippen LogP contribution in [0.4, 0.5) is 4.39 Å². The van der Waals surface area contributed by atoms with Crippen LogP contribution in [-0.4, -0.2) is 74.0 Å². The summed E-state index contributed by atoms with van der Waals surface area (Å²) in [6, 6.07) is 14.7. The number of halogens is 1. The van der Waals surface area contributed by atoms with Gasteiger partial charge in [0.2, 0.25) is 5.91 Å². The number of carbonyl (C=O) groups is 1. The zero-order valence-electron chi connectivity index (χ0n) is 22.9. The van der Waals surface area contributed by atoms with Crippen molar-refractivity contribution in [1.82, 2.24) is 9.80 Å². The molecule has 0 aliphatic carbocycles. The summed E-state index contributed by atoms with van der Waals surface area (Å²) >= 11 is 0. The molecule has 0 N–H and O–H groups in total. The molecule has 7 heteroatoms. The Kier molecular flexibility index (Phi) is 11.0. The van der Waals surface area contributed by atoms with Crippen LogP contribution in [0.5, 0.6) is 5.75 Å². The fourth-order valence-corrected chi connectivity index (χ4v) is 5.10. The lowest BCUT2D eigenvalue weighted by atomic mass is 10.0. The topological polar surface area (TPSA) is 51.2 Å². The Morgan fingerprint density at radius 3 is 2.34 bits per heavy atom. The van der Waals surface area contributed by atoms with Crippen LogP contribution in [0.1, 0.15) is 50.7 Å². The zero-order chi connectivity index (χ0) is 26.7. The standard InChI is InChI=1S/C31H43FN2O4/c1-24(2)23-38-29-10-6-26(7-11-29)22-30(35)34(19-12-25-4-8-27(32)9-5-25)28-13-16-33(17-14-28)18-15-31-36-20-3-21-37-31/h4-11,24,28,31H,3,12-23H2,1-2H3. The highest BCUT2D eigenvalue weighted by Gasteiger charge is 2.28. The van der Waals surface area contributed by atoms with E-state index in [2.05, 4.69) is 23.6 Å². The molecule has 2 saturated heterocycles. The van der Waals surface area contributed by atoms with Crippen LogP contribution < -0.4 is 4.74 Å². The van der Waals surface area contributed by atoms with Crippen molar-refractivity contribution < 1.29 is 23.4 Å². The number of rotatable bonds is 12. The van der Waals surface area contributed by atoms with Crippen molar-refractivity contribution >= 4 is 5.91 Å². The second-order valence-electron chi connectivity index (χ2n) is 10.9. The summed E-state index contributed by atoms with van der Waals surface area (Å²) in [5.74, 6) is 1.20. The molecular formula is C31H43FN2O4. The van der Waals surface area contributed by atoms with Gasteiger partial charge in [-0.3, -0.25) is 4.79 Å². The van der Waals surface area contributed by atoms with Gasteiger partial charge >= 0.3 is 0 Å². The highest BCUT2D eigenvalue weighted by molar-refractivity contribution is 5.79. The first-order valence-corrected chi connectivity index (χ1v) is 14.2. The van der Waals surface area contributed by atoms with Gasteiger partial charge in [-0.1, -0.05) is 38.1 Å². The summed E-state index contributed by atoms with van der Waals surface area (Å²) < 4.78 is 30.6. The van der Waals surface area contributed by atoms with E-state index in [9.17, 15) is 9.18 Å². The van der Waals surface area contributed by atoms with E-state index in [4.69, 9.17) is 14.2 Å². The maximum Gasteiger partial charge on any atom is 0.227 e. The maximum absolute atomic E-state index is 13.6. The number of benzene rings is 2. The van der Waals surface area contributed by atoms with E-state index in [1.54, 1.807) is 0 Å². The molecule has 2 aliphatic heterocycles. The molecule has 0 bridgehead atoms. The molecule has 0 aromatic heterocycles. The number of hydrogen-bond donors (Lipinski definition) is 0. The first-order chi connectivity index (χ1) is 18.5. The minimum Gasteiger partial charge on any atom is -0.493 e. The monoisotopic (exact) mass is 526 g/mol. The van der Waals surface area contributed by atoms with E-state index < -0.39 is 0 Å². The third-order valence-electron chi connectivity index (χ3n) is 7.31. The van der Waals surface area contributed by atoms with Crippen LogP contribution in [0.2, 0.25) is 0 Å². The Bertz CT molecular complexity index is 968. The van der Waals surface area contributed by atoms with E-state index in [1.807, 2.05) is 36.4 Å². The van der Waals surface area contributed by atoms with E-state index in [-0.39, 0.29) is 24.1 Å². The Hall–Kier alpha value is -2.48. The fourth-order valence-electron chi connectivity index (χ4n) is 5.10. The molecule has 0 atom stereocenters. The number of nitrogens with zero attached hydrogens (tertiary/aromatic N) is 2. The first-order valence-electron chi connectivity index (χ1n) is 14.2. The third kappa shape index (κ3) is 9.07. The molecule has 0 radical (unpaired) electrons. The SMILES string of the molecule is CC(C)COc1ccc(CC(=O)N(CCc2ccc(F)cc2)C2CCN(CCC3OCCCO3)CC2)cc1. The Balaban J connectivity index is 1.33. The van der Waals surface area contributed by atoms with E-state index in [1.165, 1.54) is 12.1 Å². The van der Waals surface area contributed by atoms with Crippen molar-refractivity contribution in [1.29, 1.82) is 0 Å². The molecule has 0 unspecified atom stereocenters. The average molecular weight is 527 g/mol. The fraction of sp³-hybridized carbons (Fsp3) is 0.581. The molecule has 2 heterocycles. The molecule has 2 fully saturated rings. The Morgan fingerprint density at radius 1 is 1.03 bits per heavy atom. The highest BCUT2D eigenvalue weighted by atomic mass is 19.1. The van der Waals surface area contributed by atoms with E-state index in [0.29, 0.717) is 31.9 Å². The van der Waals surface area contributed by atoms with Crippen molar-refractivity contribution in [2.75, 3.05) is 46.0 Å². The molecular weight excluding hydrogens is 483 g/mol. The largest absolute Gasteiger partial charge is 0.493 e. The number of amides is 1. The molecule has 2 aliphatic rings. The lowest BCUT2D eigenvalue weighted by molar-refractivity contribution is -0.182. The average Bonchev–Trinajstić information content (AvgIpc) is 2.94. The maximum atomic E-state index is 13.6. The Labute approximate surface area is 227 Å². The van der Waals surface area contributed by atoms with E-state index >= 15 is 0 Å². The van der Waals surface area contributed by atoms with Crippen molar-refractivity contribution in [3.63, 3.8) is 0 Å². The highest BCUT2D eigenvalue weighted by Crippen LogP contribution is 2.21. The zero-order valence-corrected chi connectivity index (χ0v) is 22.9. The smallest absolute Gasteiger partial charge is 0.227 e. The number of ether oxygens (including phenoxy) is 3. The van der Waals surface area contributed by atoms with Crippen LogP contribution in [0, 0.1) is 11.7 Å². The molecule has 208 valence electrons. The first kappa shape index (κ1) is 28.5. The predicted octanol–water partition coefficient (Wildman–Crippen LogP) is 5.09. The van der Waals surface area contributed by atoms with Crippen molar-refractivity contribution in [2.24, 2.45) is 5.92 Å². The molecule has 4 rings (SSSR count). The number of piperidine rings is 1. The van der Waals surface area contributed by atoms with Gasteiger partial charge in [-0.05, 0) is 67.0 Å². The van der Waals surface area contributed by atoms with Crippen molar-refractivity contribution in [3.8, 4) is 5.75 Å². The van der Waals surface area contributed by atoms with Gasteiger partial charge in [-0.2, -0.15) is 0 Å². The Morgan fingerprint density at radius 2 is 1.68 bits per heavy atom. The van der Waals surface area contributed by atoms with Crippen LogP contribution in [0.25, 0.3) is 0 Å². The van der Waals surface area contributed by atoms with Gasteiger partial charge in [-0.25, -0.2) is 4.39 Å². The summed E-state index contributed by atoms with van der Waals surface area (Å²) in [7, 11) is 0. The molecule has 0 spiro atoms. The van der Waals surface area contributed by atoms with Crippen molar-refractivity contribution in [3.05, 3.63) is 65.5 Å². The summed E-state index contributed by atoms with van der Waals surface area (Å²) in [4.78, 5) is 18.1. The van der Waals surface area contributed by atoms with Gasteiger partial charge < -0.3 is 24.0 Å². The van der Waals surface area contributed by atoms with Crippen LogP contribution in [-0.2, 0) is 27.1 Å². The van der Waals surface area contributed by atoms with Gasteiger partial charge in [0.05, 0.1) is 26.2 Å². The molecule has 1 amide bonds. The summed E-state index contributed by atoms with van der Waals surface area (Å²) in [6.45, 7) is 9.99. The minimum absolute atomic E-state index is 0.0857. The number of likely N-dealkylation sites (tertiary alicyclic amines) is 1. The lowest BCUT2D eigenvalue weighted by Crippen LogP contribution is -2.49. The molecule has 6 nitrogen and oxygen atoms in total. The predicted molar refractivity (Wildman–Crippen MR) is 147 cm³/mol. The summed E-state index contributed by atoms with van der Waals surface area (Å²) in [5, 5.41) is 0. The molecule has 2 aromatic carbocycles. The normalized spacial score (nSPS) is 17.6. The lowest BCUT2D eigenvalue weighted by Gasteiger charge is -2.39. The number of hydrogen-bond acceptors (Lipinski definition) is 5. The second-order valence-corrected chi connectivity index (χ2v) is 10.9. The summed E-state index contributed by atoms with van der Waals surface area (Å²) in [6.07, 6.45) is 4.74. The van der Waals surface area contributed by atoms with Gasteiger partial charge in [0.1, 0.15) is 11.6 Å². The molecule has 38 heavy (non-hydrogen) atoms. The van der Waals surface area contributed by atoms with E-state index in [0.717, 1.165) is 75.4 Å². The van der Waals surface area contributed by atoms with Gasteiger partial charge in [0.25, 0.3) is 0 Å².